The minimum atomic E-state index is -0.241. The van der Waals surface area contributed by atoms with E-state index in [9.17, 15) is 9.50 Å². The lowest BCUT2D eigenvalue weighted by atomic mass is 10.1. The van der Waals surface area contributed by atoms with E-state index in [0.717, 1.165) is 79.2 Å². The van der Waals surface area contributed by atoms with Crippen LogP contribution >= 0.6 is 0 Å². The molecule has 2 aromatic heterocycles. The Labute approximate surface area is 157 Å². The number of rotatable bonds is 2. The average molecular weight is 366 g/mol. The molecule has 0 amide bonds. The van der Waals surface area contributed by atoms with Gasteiger partial charge in [-0.3, -0.25) is 0 Å². The van der Waals surface area contributed by atoms with E-state index < -0.39 is 0 Å². The standard InChI is InChI=1S/C21H23FN4O/c1-13-19(14-5-7-15(22)8-6-14)20-23-18-4-2-3-17(18)21(26(20)24-13)25-11-9-16(27)10-12-25/h5-8,16,27H,2-4,9-12H2,1H3. The Hall–Kier alpha value is -2.47. The predicted molar refractivity (Wildman–Crippen MR) is 103 cm³/mol. The van der Waals surface area contributed by atoms with Gasteiger partial charge < -0.3 is 10.0 Å². The van der Waals surface area contributed by atoms with E-state index >= 15 is 0 Å². The first-order chi connectivity index (χ1) is 13.1. The number of aromatic nitrogens is 3. The van der Waals surface area contributed by atoms with Crippen molar-refractivity contribution in [3.05, 3.63) is 47.0 Å². The highest BCUT2D eigenvalue weighted by Gasteiger charge is 2.28. The van der Waals surface area contributed by atoms with Crippen LogP contribution < -0.4 is 4.90 Å². The second-order valence-corrected chi connectivity index (χ2v) is 7.64. The van der Waals surface area contributed by atoms with Crippen molar-refractivity contribution in [2.24, 2.45) is 0 Å². The first-order valence-corrected chi connectivity index (χ1v) is 9.72. The van der Waals surface area contributed by atoms with Gasteiger partial charge in [-0.25, -0.2) is 9.37 Å². The lowest BCUT2D eigenvalue weighted by Crippen LogP contribution is -2.37. The van der Waals surface area contributed by atoms with Crippen LogP contribution in [0.5, 0.6) is 0 Å². The molecule has 3 aromatic rings. The smallest absolute Gasteiger partial charge is 0.165 e. The van der Waals surface area contributed by atoms with E-state index in [-0.39, 0.29) is 11.9 Å². The molecule has 1 fully saturated rings. The van der Waals surface area contributed by atoms with E-state index in [0.29, 0.717) is 0 Å². The molecule has 0 radical (unpaired) electrons. The maximum absolute atomic E-state index is 13.4. The number of halogens is 1. The van der Waals surface area contributed by atoms with Gasteiger partial charge in [-0.15, -0.1) is 0 Å². The summed E-state index contributed by atoms with van der Waals surface area (Å²) >= 11 is 0. The highest BCUT2D eigenvalue weighted by atomic mass is 19.1. The van der Waals surface area contributed by atoms with Crippen LogP contribution in [-0.2, 0) is 12.8 Å². The molecule has 0 atom stereocenters. The molecule has 0 spiro atoms. The largest absolute Gasteiger partial charge is 0.393 e. The summed E-state index contributed by atoms with van der Waals surface area (Å²) in [7, 11) is 0. The molecule has 1 aliphatic heterocycles. The van der Waals surface area contributed by atoms with Crippen LogP contribution in [0.3, 0.4) is 0 Å². The molecule has 5 rings (SSSR count). The molecule has 1 saturated heterocycles. The molecule has 1 aromatic carbocycles. The lowest BCUT2D eigenvalue weighted by Gasteiger charge is -2.32. The molecule has 1 N–H and O–H groups in total. The van der Waals surface area contributed by atoms with Crippen LogP contribution in [0.1, 0.15) is 36.2 Å². The van der Waals surface area contributed by atoms with Crippen LogP contribution in [0.2, 0.25) is 0 Å². The molecule has 5 nitrogen and oxygen atoms in total. The minimum absolute atomic E-state index is 0.208. The van der Waals surface area contributed by atoms with Crippen molar-refractivity contribution in [2.45, 2.75) is 45.1 Å². The maximum atomic E-state index is 13.4. The summed E-state index contributed by atoms with van der Waals surface area (Å²) in [5.74, 6) is 0.894. The van der Waals surface area contributed by atoms with Crippen LogP contribution in [0.15, 0.2) is 24.3 Å². The summed E-state index contributed by atoms with van der Waals surface area (Å²) in [4.78, 5) is 7.33. The Balaban J connectivity index is 1.72. The third kappa shape index (κ3) is 2.70. The van der Waals surface area contributed by atoms with Gasteiger partial charge in [0, 0.05) is 29.9 Å². The van der Waals surface area contributed by atoms with Crippen molar-refractivity contribution >= 4 is 11.5 Å². The van der Waals surface area contributed by atoms with Gasteiger partial charge in [0.15, 0.2) is 5.65 Å². The molecule has 1 aliphatic carbocycles. The summed E-state index contributed by atoms with van der Waals surface area (Å²) in [6, 6.07) is 6.56. The van der Waals surface area contributed by atoms with Crippen LogP contribution in [0, 0.1) is 12.7 Å². The number of hydrogen-bond acceptors (Lipinski definition) is 4. The fourth-order valence-corrected chi connectivity index (χ4v) is 4.47. The Morgan fingerprint density at radius 2 is 1.85 bits per heavy atom. The van der Waals surface area contributed by atoms with Gasteiger partial charge in [0.1, 0.15) is 11.6 Å². The summed E-state index contributed by atoms with van der Waals surface area (Å²) in [5.41, 5.74) is 6.12. The molecule has 6 heteroatoms. The van der Waals surface area contributed by atoms with E-state index in [1.165, 1.54) is 17.7 Å². The number of anilines is 1. The molecular weight excluding hydrogens is 343 g/mol. The quantitative estimate of drug-likeness (QED) is 0.756. The van der Waals surface area contributed by atoms with Crippen molar-refractivity contribution in [1.82, 2.24) is 14.6 Å². The first-order valence-electron chi connectivity index (χ1n) is 9.72. The minimum Gasteiger partial charge on any atom is -0.393 e. The van der Waals surface area contributed by atoms with Gasteiger partial charge in [0.2, 0.25) is 0 Å². The molecule has 3 heterocycles. The number of hydrogen-bond donors (Lipinski definition) is 1. The number of piperidine rings is 1. The molecule has 27 heavy (non-hydrogen) atoms. The topological polar surface area (TPSA) is 53.7 Å². The highest BCUT2D eigenvalue weighted by Crippen LogP contribution is 2.36. The Kier molecular flexibility index (Phi) is 3.90. The Bertz CT molecular complexity index is 1000. The van der Waals surface area contributed by atoms with Gasteiger partial charge in [0.05, 0.1) is 11.8 Å². The van der Waals surface area contributed by atoms with Gasteiger partial charge in [0.25, 0.3) is 0 Å². The first kappa shape index (κ1) is 16.7. The molecular formula is C21H23FN4O. The van der Waals surface area contributed by atoms with Gasteiger partial charge in [-0.05, 0) is 56.7 Å². The number of nitrogens with zero attached hydrogens (tertiary/aromatic N) is 4. The molecule has 0 unspecified atom stereocenters. The van der Waals surface area contributed by atoms with Crippen molar-refractivity contribution in [2.75, 3.05) is 18.0 Å². The zero-order valence-corrected chi connectivity index (χ0v) is 15.5. The number of aliphatic hydroxyl groups is 1. The molecule has 140 valence electrons. The third-order valence-corrected chi connectivity index (χ3v) is 5.83. The van der Waals surface area contributed by atoms with Crippen molar-refractivity contribution in [3.8, 4) is 11.1 Å². The number of fused-ring (bicyclic) bond motifs is 2. The Morgan fingerprint density at radius 1 is 1.11 bits per heavy atom. The van der Waals surface area contributed by atoms with Crippen molar-refractivity contribution in [1.29, 1.82) is 0 Å². The number of aliphatic hydroxyl groups excluding tert-OH is 1. The highest BCUT2D eigenvalue weighted by molar-refractivity contribution is 5.81. The normalized spacial score (nSPS) is 17.7. The van der Waals surface area contributed by atoms with E-state index in [4.69, 9.17) is 10.1 Å². The second-order valence-electron chi connectivity index (χ2n) is 7.64. The van der Waals surface area contributed by atoms with E-state index in [1.54, 1.807) is 12.1 Å². The zero-order chi connectivity index (χ0) is 18.5. The summed E-state index contributed by atoms with van der Waals surface area (Å²) in [6.45, 7) is 3.65. The zero-order valence-electron chi connectivity index (χ0n) is 15.5. The molecule has 0 bridgehead atoms. The average Bonchev–Trinajstić information content (AvgIpc) is 3.25. The predicted octanol–water partition coefficient (Wildman–Crippen LogP) is 3.29. The lowest BCUT2D eigenvalue weighted by molar-refractivity contribution is 0.145. The van der Waals surface area contributed by atoms with Crippen LogP contribution in [-0.4, -0.2) is 38.9 Å². The van der Waals surface area contributed by atoms with Gasteiger partial charge in [-0.2, -0.15) is 9.61 Å². The maximum Gasteiger partial charge on any atom is 0.165 e. The monoisotopic (exact) mass is 366 g/mol. The van der Waals surface area contributed by atoms with Crippen LogP contribution in [0.4, 0.5) is 10.2 Å². The summed E-state index contributed by atoms with van der Waals surface area (Å²) in [5, 5.41) is 14.7. The number of benzene rings is 1. The van der Waals surface area contributed by atoms with Gasteiger partial charge >= 0.3 is 0 Å². The fourth-order valence-electron chi connectivity index (χ4n) is 4.47. The Morgan fingerprint density at radius 3 is 2.59 bits per heavy atom. The van der Waals surface area contributed by atoms with Crippen molar-refractivity contribution < 1.29 is 9.50 Å². The summed E-state index contributed by atoms with van der Waals surface area (Å²) in [6.07, 6.45) is 4.48. The summed E-state index contributed by atoms with van der Waals surface area (Å²) < 4.78 is 15.4. The molecule has 0 saturated carbocycles. The second kappa shape index (κ2) is 6.30. The third-order valence-electron chi connectivity index (χ3n) is 5.83. The van der Waals surface area contributed by atoms with E-state index in [2.05, 4.69) is 4.90 Å². The van der Waals surface area contributed by atoms with Gasteiger partial charge in [-0.1, -0.05) is 12.1 Å². The van der Waals surface area contributed by atoms with E-state index in [1.807, 2.05) is 11.4 Å². The number of aryl methyl sites for hydroxylation is 2. The fraction of sp³-hybridized carbons (Fsp3) is 0.429. The van der Waals surface area contributed by atoms with Crippen molar-refractivity contribution in [3.63, 3.8) is 0 Å². The SMILES string of the molecule is Cc1nn2c(N3CCC(O)CC3)c3c(nc2c1-c1ccc(F)cc1)CCC3. The van der Waals surface area contributed by atoms with Crippen LogP contribution in [0.25, 0.3) is 16.8 Å². The molecule has 2 aliphatic rings.